The molecule has 2 aromatic rings. The standard InChI is InChI=1S/C13H18N4O/c1-4-17-13(9-14-16-17)15-10(2)11-5-7-12(18-3)8-6-11/h5-10,15H,4H2,1-3H3. The van der Waals surface area contributed by atoms with Gasteiger partial charge in [-0.2, -0.15) is 0 Å². The van der Waals surface area contributed by atoms with E-state index in [0.717, 1.165) is 18.1 Å². The second kappa shape index (κ2) is 5.53. The van der Waals surface area contributed by atoms with Gasteiger partial charge < -0.3 is 10.1 Å². The van der Waals surface area contributed by atoms with Gasteiger partial charge in [0.2, 0.25) is 0 Å². The van der Waals surface area contributed by atoms with Gasteiger partial charge in [0.05, 0.1) is 13.3 Å². The zero-order chi connectivity index (χ0) is 13.0. The number of nitrogens with zero attached hydrogens (tertiary/aromatic N) is 3. The van der Waals surface area contributed by atoms with Gasteiger partial charge in [-0.05, 0) is 31.5 Å². The molecule has 1 atom stereocenters. The molecule has 1 aromatic carbocycles. The lowest BCUT2D eigenvalue weighted by Gasteiger charge is -2.15. The number of benzene rings is 1. The predicted octanol–water partition coefficient (Wildman–Crippen LogP) is 2.48. The summed E-state index contributed by atoms with van der Waals surface area (Å²) in [6.45, 7) is 4.95. The molecule has 5 heteroatoms. The summed E-state index contributed by atoms with van der Waals surface area (Å²) in [6, 6.07) is 8.22. The maximum Gasteiger partial charge on any atom is 0.145 e. The van der Waals surface area contributed by atoms with Gasteiger partial charge in [0.1, 0.15) is 11.6 Å². The molecule has 2 rings (SSSR count). The fraction of sp³-hybridized carbons (Fsp3) is 0.385. The molecule has 0 saturated carbocycles. The van der Waals surface area contributed by atoms with Gasteiger partial charge in [-0.15, -0.1) is 5.10 Å². The van der Waals surface area contributed by atoms with E-state index < -0.39 is 0 Å². The minimum atomic E-state index is 0.194. The first kappa shape index (κ1) is 12.4. The van der Waals surface area contributed by atoms with Gasteiger partial charge in [0.15, 0.2) is 0 Å². The first-order valence-corrected chi connectivity index (χ1v) is 6.03. The van der Waals surface area contributed by atoms with Crippen molar-refractivity contribution >= 4 is 5.82 Å². The van der Waals surface area contributed by atoms with Crippen LogP contribution in [0, 0.1) is 0 Å². The first-order valence-electron chi connectivity index (χ1n) is 6.03. The molecular weight excluding hydrogens is 228 g/mol. The van der Waals surface area contributed by atoms with Crippen LogP contribution in [0.25, 0.3) is 0 Å². The van der Waals surface area contributed by atoms with Gasteiger partial charge in [0, 0.05) is 12.6 Å². The second-order valence-electron chi connectivity index (χ2n) is 4.07. The molecule has 0 radical (unpaired) electrons. The second-order valence-corrected chi connectivity index (χ2v) is 4.07. The number of aryl methyl sites for hydroxylation is 1. The van der Waals surface area contributed by atoms with E-state index in [0.29, 0.717) is 0 Å². The van der Waals surface area contributed by atoms with Crippen LogP contribution in [0.15, 0.2) is 30.5 Å². The van der Waals surface area contributed by atoms with Crippen molar-refractivity contribution in [2.24, 2.45) is 0 Å². The highest BCUT2D eigenvalue weighted by atomic mass is 16.5. The number of nitrogens with one attached hydrogen (secondary N) is 1. The maximum atomic E-state index is 5.15. The molecule has 0 aliphatic rings. The maximum absolute atomic E-state index is 5.15. The summed E-state index contributed by atoms with van der Waals surface area (Å²) in [4.78, 5) is 0. The van der Waals surface area contributed by atoms with Crippen molar-refractivity contribution in [3.05, 3.63) is 36.0 Å². The average Bonchev–Trinajstić information content (AvgIpc) is 2.86. The van der Waals surface area contributed by atoms with Crippen LogP contribution in [0.5, 0.6) is 5.75 Å². The van der Waals surface area contributed by atoms with Crippen molar-refractivity contribution in [3.8, 4) is 5.75 Å². The fourth-order valence-corrected chi connectivity index (χ4v) is 1.80. The van der Waals surface area contributed by atoms with Gasteiger partial charge >= 0.3 is 0 Å². The first-order chi connectivity index (χ1) is 8.74. The van der Waals surface area contributed by atoms with Gasteiger partial charge in [-0.25, -0.2) is 4.68 Å². The van der Waals surface area contributed by atoms with Crippen molar-refractivity contribution in [2.45, 2.75) is 26.4 Å². The summed E-state index contributed by atoms with van der Waals surface area (Å²) in [7, 11) is 1.67. The lowest BCUT2D eigenvalue weighted by molar-refractivity contribution is 0.414. The quantitative estimate of drug-likeness (QED) is 0.880. The largest absolute Gasteiger partial charge is 0.497 e. The summed E-state index contributed by atoms with van der Waals surface area (Å²) in [5, 5.41) is 11.3. The highest BCUT2D eigenvalue weighted by Gasteiger charge is 2.08. The minimum Gasteiger partial charge on any atom is -0.497 e. The third-order valence-electron chi connectivity index (χ3n) is 2.90. The van der Waals surface area contributed by atoms with Gasteiger partial charge in [-0.1, -0.05) is 17.3 Å². The fourth-order valence-electron chi connectivity index (χ4n) is 1.80. The Morgan fingerprint density at radius 2 is 2.06 bits per heavy atom. The van der Waals surface area contributed by atoms with Crippen molar-refractivity contribution in [1.29, 1.82) is 0 Å². The molecule has 0 fully saturated rings. The highest BCUT2D eigenvalue weighted by molar-refractivity contribution is 5.37. The zero-order valence-electron chi connectivity index (χ0n) is 10.9. The van der Waals surface area contributed by atoms with E-state index in [2.05, 4.69) is 34.7 Å². The van der Waals surface area contributed by atoms with Crippen molar-refractivity contribution < 1.29 is 4.74 Å². The Morgan fingerprint density at radius 1 is 1.33 bits per heavy atom. The van der Waals surface area contributed by atoms with Crippen LogP contribution < -0.4 is 10.1 Å². The lowest BCUT2D eigenvalue weighted by Crippen LogP contribution is -2.11. The number of methoxy groups -OCH3 is 1. The topological polar surface area (TPSA) is 52.0 Å². The molecule has 1 unspecified atom stereocenters. The Balaban J connectivity index is 2.09. The van der Waals surface area contributed by atoms with Crippen LogP contribution in [0.2, 0.25) is 0 Å². The van der Waals surface area contributed by atoms with Gasteiger partial charge in [-0.3, -0.25) is 0 Å². The smallest absolute Gasteiger partial charge is 0.145 e. The van der Waals surface area contributed by atoms with E-state index in [1.807, 2.05) is 23.7 Å². The molecule has 5 nitrogen and oxygen atoms in total. The van der Waals surface area contributed by atoms with Crippen LogP contribution >= 0.6 is 0 Å². The molecule has 0 aliphatic carbocycles. The number of aromatic nitrogens is 3. The van der Waals surface area contributed by atoms with Crippen LogP contribution in [0.4, 0.5) is 5.82 Å². The van der Waals surface area contributed by atoms with Crippen LogP contribution in [0.3, 0.4) is 0 Å². The highest BCUT2D eigenvalue weighted by Crippen LogP contribution is 2.20. The molecular formula is C13H18N4O. The van der Waals surface area contributed by atoms with Crippen LogP contribution in [-0.4, -0.2) is 22.1 Å². The zero-order valence-corrected chi connectivity index (χ0v) is 10.9. The molecule has 1 heterocycles. The van der Waals surface area contributed by atoms with Gasteiger partial charge in [0.25, 0.3) is 0 Å². The summed E-state index contributed by atoms with van der Waals surface area (Å²) >= 11 is 0. The third kappa shape index (κ3) is 2.61. The Bertz CT molecular complexity index is 492. The van der Waals surface area contributed by atoms with Crippen molar-refractivity contribution in [3.63, 3.8) is 0 Å². The van der Waals surface area contributed by atoms with Crippen molar-refractivity contribution in [1.82, 2.24) is 15.0 Å². The Morgan fingerprint density at radius 3 is 2.67 bits per heavy atom. The van der Waals surface area contributed by atoms with E-state index in [9.17, 15) is 0 Å². The molecule has 18 heavy (non-hydrogen) atoms. The SMILES string of the molecule is CCn1nncc1NC(C)c1ccc(OC)cc1. The molecule has 0 amide bonds. The molecule has 1 aromatic heterocycles. The number of anilines is 1. The molecule has 0 bridgehead atoms. The van der Waals surface area contributed by atoms with E-state index in [1.165, 1.54) is 5.56 Å². The molecule has 0 aliphatic heterocycles. The number of ether oxygens (including phenoxy) is 1. The summed E-state index contributed by atoms with van der Waals surface area (Å²) < 4.78 is 6.98. The van der Waals surface area contributed by atoms with Crippen LogP contribution in [-0.2, 0) is 6.54 Å². The monoisotopic (exact) mass is 246 g/mol. The summed E-state index contributed by atoms with van der Waals surface area (Å²) in [5.74, 6) is 1.80. The van der Waals surface area contributed by atoms with E-state index >= 15 is 0 Å². The Kier molecular flexibility index (Phi) is 3.82. The van der Waals surface area contributed by atoms with E-state index in [4.69, 9.17) is 4.74 Å². The van der Waals surface area contributed by atoms with E-state index in [-0.39, 0.29) is 6.04 Å². The summed E-state index contributed by atoms with van der Waals surface area (Å²) in [5.41, 5.74) is 1.19. The van der Waals surface area contributed by atoms with Crippen molar-refractivity contribution in [2.75, 3.05) is 12.4 Å². The number of rotatable bonds is 5. The lowest BCUT2D eigenvalue weighted by atomic mass is 10.1. The number of hydrogen-bond acceptors (Lipinski definition) is 4. The molecule has 0 saturated heterocycles. The summed E-state index contributed by atoms with van der Waals surface area (Å²) in [6.07, 6.45) is 1.74. The predicted molar refractivity (Wildman–Crippen MR) is 70.7 cm³/mol. The number of hydrogen-bond donors (Lipinski definition) is 1. The van der Waals surface area contributed by atoms with E-state index in [1.54, 1.807) is 13.3 Å². The Labute approximate surface area is 107 Å². The molecule has 1 N–H and O–H groups in total. The Hall–Kier alpha value is -2.04. The molecule has 96 valence electrons. The van der Waals surface area contributed by atoms with Crippen LogP contribution in [0.1, 0.15) is 25.5 Å². The average molecular weight is 246 g/mol. The minimum absolute atomic E-state index is 0.194. The third-order valence-corrected chi connectivity index (χ3v) is 2.90. The molecule has 0 spiro atoms. The normalized spacial score (nSPS) is 12.2.